The summed E-state index contributed by atoms with van der Waals surface area (Å²) >= 11 is 12.0. The van der Waals surface area contributed by atoms with E-state index in [0.717, 1.165) is 11.2 Å². The molecule has 24 heavy (non-hydrogen) atoms. The molecule has 3 N–H and O–H groups in total. The molecule has 9 nitrogen and oxygen atoms in total. The molecule has 1 heterocycles. The molecular formula is C13H15Cl2N7O2. The fourth-order valence-electron chi connectivity index (χ4n) is 1.67. The molecular weight excluding hydrogens is 357 g/mol. The van der Waals surface area contributed by atoms with E-state index in [4.69, 9.17) is 23.2 Å². The minimum atomic E-state index is -0.511. The Labute approximate surface area is 147 Å². The number of nitrogens with one attached hydrogen (secondary N) is 3. The topological polar surface area (TPSA) is 114 Å². The van der Waals surface area contributed by atoms with Crippen LogP contribution in [0.3, 0.4) is 0 Å². The van der Waals surface area contributed by atoms with Crippen LogP contribution in [-0.2, 0) is 11.3 Å². The minimum Gasteiger partial charge on any atom is -0.337 e. The number of carbonyl (C=O) groups is 2. The second kappa shape index (κ2) is 8.46. The van der Waals surface area contributed by atoms with Gasteiger partial charge in [0.25, 0.3) is 5.91 Å². The van der Waals surface area contributed by atoms with Gasteiger partial charge in [0, 0.05) is 12.1 Å². The third-order valence-corrected chi connectivity index (χ3v) is 3.60. The van der Waals surface area contributed by atoms with E-state index in [1.165, 1.54) is 0 Å². The van der Waals surface area contributed by atoms with E-state index in [2.05, 4.69) is 31.6 Å². The van der Waals surface area contributed by atoms with E-state index in [1.807, 2.05) is 6.92 Å². The van der Waals surface area contributed by atoms with Crippen molar-refractivity contribution in [3.63, 3.8) is 0 Å². The van der Waals surface area contributed by atoms with E-state index in [0.29, 0.717) is 22.2 Å². The molecule has 11 heteroatoms. The molecule has 0 aliphatic heterocycles. The summed E-state index contributed by atoms with van der Waals surface area (Å²) in [5, 5.41) is 14.9. The highest BCUT2D eigenvalue weighted by atomic mass is 35.5. The van der Waals surface area contributed by atoms with Gasteiger partial charge in [-0.3, -0.25) is 10.2 Å². The smallest absolute Gasteiger partial charge is 0.333 e. The second-order valence-corrected chi connectivity index (χ2v) is 5.46. The summed E-state index contributed by atoms with van der Waals surface area (Å²) < 4.78 is 0. The Morgan fingerprint density at radius 3 is 2.79 bits per heavy atom. The van der Waals surface area contributed by atoms with Crippen LogP contribution in [-0.4, -0.2) is 38.7 Å². The molecule has 0 unspecified atom stereocenters. The molecule has 0 radical (unpaired) electrons. The Morgan fingerprint density at radius 1 is 1.25 bits per heavy atom. The molecule has 0 saturated carbocycles. The number of nitrogens with zero attached hydrogens (tertiary/aromatic N) is 4. The fraction of sp³-hybridized carbons (Fsp3) is 0.308. The van der Waals surface area contributed by atoms with Gasteiger partial charge in [0.15, 0.2) is 0 Å². The van der Waals surface area contributed by atoms with Crippen molar-refractivity contribution in [2.45, 2.75) is 19.9 Å². The van der Waals surface area contributed by atoms with Crippen LogP contribution >= 0.6 is 23.2 Å². The number of hydrazine groups is 1. The highest BCUT2D eigenvalue weighted by molar-refractivity contribution is 6.43. The summed E-state index contributed by atoms with van der Waals surface area (Å²) in [6.45, 7) is 2.20. The number of halogens is 2. The maximum absolute atomic E-state index is 11.7. The number of tetrazole rings is 1. The summed E-state index contributed by atoms with van der Waals surface area (Å²) in [4.78, 5) is 24.1. The van der Waals surface area contributed by atoms with Gasteiger partial charge in [0.2, 0.25) is 5.82 Å². The molecule has 1 aromatic heterocycles. The monoisotopic (exact) mass is 371 g/mol. The molecule has 0 fully saturated rings. The Morgan fingerprint density at radius 2 is 2.04 bits per heavy atom. The van der Waals surface area contributed by atoms with Crippen LogP contribution in [0, 0.1) is 0 Å². The van der Waals surface area contributed by atoms with Crippen molar-refractivity contribution in [2.24, 2.45) is 0 Å². The number of rotatable bonds is 5. The van der Waals surface area contributed by atoms with Crippen LogP contribution in [0.2, 0.25) is 10.0 Å². The number of urea groups is 1. The summed E-state index contributed by atoms with van der Waals surface area (Å²) in [6, 6.07) is 4.54. The molecule has 2 rings (SSSR count). The van der Waals surface area contributed by atoms with Gasteiger partial charge in [-0.2, -0.15) is 4.80 Å². The van der Waals surface area contributed by atoms with Gasteiger partial charge in [-0.15, -0.1) is 10.2 Å². The van der Waals surface area contributed by atoms with E-state index >= 15 is 0 Å². The average Bonchev–Trinajstić information content (AvgIpc) is 3.01. The van der Waals surface area contributed by atoms with Crippen molar-refractivity contribution >= 4 is 35.1 Å². The number of aromatic nitrogens is 4. The van der Waals surface area contributed by atoms with Crippen molar-refractivity contribution in [3.05, 3.63) is 28.2 Å². The lowest BCUT2D eigenvalue weighted by Gasteiger charge is -2.07. The lowest BCUT2D eigenvalue weighted by molar-refractivity contribution is -0.122. The number of hydrogen-bond acceptors (Lipinski definition) is 5. The van der Waals surface area contributed by atoms with Crippen LogP contribution in [0.25, 0.3) is 11.4 Å². The molecule has 0 aliphatic carbocycles. The molecule has 128 valence electrons. The van der Waals surface area contributed by atoms with Gasteiger partial charge in [-0.25, -0.2) is 10.2 Å². The van der Waals surface area contributed by atoms with Crippen LogP contribution in [0.15, 0.2) is 18.2 Å². The van der Waals surface area contributed by atoms with Gasteiger partial charge >= 0.3 is 6.03 Å². The summed E-state index contributed by atoms with van der Waals surface area (Å²) in [7, 11) is 0. The summed E-state index contributed by atoms with van der Waals surface area (Å²) in [6.07, 6.45) is 0.791. The van der Waals surface area contributed by atoms with E-state index in [-0.39, 0.29) is 12.4 Å². The van der Waals surface area contributed by atoms with Gasteiger partial charge in [-0.05, 0) is 23.8 Å². The Bertz CT molecular complexity index is 735. The molecule has 0 saturated heterocycles. The van der Waals surface area contributed by atoms with Gasteiger partial charge < -0.3 is 5.32 Å². The summed E-state index contributed by atoms with van der Waals surface area (Å²) in [5.41, 5.74) is 4.95. The molecule has 0 bridgehead atoms. The third kappa shape index (κ3) is 4.80. The van der Waals surface area contributed by atoms with Crippen molar-refractivity contribution < 1.29 is 9.59 Å². The van der Waals surface area contributed by atoms with Crippen LogP contribution in [0.5, 0.6) is 0 Å². The highest BCUT2D eigenvalue weighted by Gasteiger charge is 2.13. The van der Waals surface area contributed by atoms with Crippen molar-refractivity contribution in [3.8, 4) is 11.4 Å². The van der Waals surface area contributed by atoms with Gasteiger partial charge in [0.1, 0.15) is 6.54 Å². The maximum atomic E-state index is 11.7. The van der Waals surface area contributed by atoms with Crippen LogP contribution in [0.1, 0.15) is 13.3 Å². The average molecular weight is 372 g/mol. The zero-order valence-electron chi connectivity index (χ0n) is 12.7. The van der Waals surface area contributed by atoms with E-state index < -0.39 is 11.9 Å². The zero-order valence-corrected chi connectivity index (χ0v) is 14.2. The molecule has 3 amide bonds. The van der Waals surface area contributed by atoms with Gasteiger partial charge in [0.05, 0.1) is 10.0 Å². The van der Waals surface area contributed by atoms with Crippen LogP contribution in [0.4, 0.5) is 4.79 Å². The van der Waals surface area contributed by atoms with E-state index in [1.54, 1.807) is 18.2 Å². The Hall–Kier alpha value is -2.39. The normalized spacial score (nSPS) is 10.3. The van der Waals surface area contributed by atoms with Crippen molar-refractivity contribution in [2.75, 3.05) is 6.54 Å². The molecule has 0 atom stereocenters. The molecule has 2 aromatic rings. The second-order valence-electron chi connectivity index (χ2n) is 4.67. The number of hydrogen-bond donors (Lipinski definition) is 3. The quantitative estimate of drug-likeness (QED) is 0.687. The lowest BCUT2D eigenvalue weighted by Crippen LogP contribution is -2.48. The maximum Gasteiger partial charge on any atom is 0.333 e. The highest BCUT2D eigenvalue weighted by Crippen LogP contribution is 2.30. The lowest BCUT2D eigenvalue weighted by atomic mass is 10.2. The predicted molar refractivity (Wildman–Crippen MR) is 88.2 cm³/mol. The molecule has 1 aromatic carbocycles. The fourth-order valence-corrected chi connectivity index (χ4v) is 2.06. The number of amides is 3. The van der Waals surface area contributed by atoms with Gasteiger partial charge in [-0.1, -0.05) is 36.2 Å². The SMILES string of the molecule is CCCNC(=O)NNC(=O)Cn1nnc(-c2cccc(Cl)c2Cl)n1. The van der Waals surface area contributed by atoms with Crippen LogP contribution < -0.4 is 16.2 Å². The van der Waals surface area contributed by atoms with Crippen molar-refractivity contribution in [1.82, 2.24) is 36.4 Å². The Balaban J connectivity index is 1.93. The first-order valence-electron chi connectivity index (χ1n) is 7.06. The summed E-state index contributed by atoms with van der Waals surface area (Å²) in [5.74, 6) is -0.272. The minimum absolute atomic E-state index is 0.223. The number of carbonyl (C=O) groups excluding carboxylic acids is 2. The molecule has 0 aliphatic rings. The number of benzene rings is 1. The zero-order chi connectivity index (χ0) is 17.5. The first-order chi connectivity index (χ1) is 11.5. The molecule has 0 spiro atoms. The predicted octanol–water partition coefficient (Wildman–Crippen LogP) is 1.39. The first-order valence-corrected chi connectivity index (χ1v) is 7.81. The Kier molecular flexibility index (Phi) is 6.33. The largest absolute Gasteiger partial charge is 0.337 e. The van der Waals surface area contributed by atoms with Crippen molar-refractivity contribution in [1.29, 1.82) is 0 Å². The third-order valence-electron chi connectivity index (χ3n) is 2.78. The van der Waals surface area contributed by atoms with E-state index in [9.17, 15) is 9.59 Å². The first kappa shape index (κ1) is 18.0. The standard InChI is InChI=1S/C13H15Cl2N7O2/c1-2-6-16-13(24)19-17-10(23)7-22-20-12(18-21-22)8-4-3-5-9(14)11(8)15/h3-5H,2,6-7H2,1H3,(H,17,23)(H2,16,19,24).